The van der Waals surface area contributed by atoms with Crippen LogP contribution in [0.5, 0.6) is 0 Å². The van der Waals surface area contributed by atoms with E-state index < -0.39 is 0 Å². The first-order valence-corrected chi connectivity index (χ1v) is 6.73. The van der Waals surface area contributed by atoms with E-state index >= 15 is 0 Å². The molecule has 0 aliphatic carbocycles. The fourth-order valence-electron chi connectivity index (χ4n) is 1.60. The fraction of sp³-hybridized carbons (Fsp3) is 0.667. The van der Waals surface area contributed by atoms with Crippen LogP contribution in [0.4, 0.5) is 0 Å². The van der Waals surface area contributed by atoms with E-state index in [2.05, 4.69) is 11.9 Å². The quantitative estimate of drug-likeness (QED) is 0.843. The first kappa shape index (κ1) is 14.1. The van der Waals surface area contributed by atoms with Gasteiger partial charge < -0.3 is 10.6 Å². The summed E-state index contributed by atoms with van der Waals surface area (Å²) in [6.45, 7) is 5.26. The van der Waals surface area contributed by atoms with E-state index in [4.69, 9.17) is 5.73 Å². The Bertz CT molecular complexity index is 360. The largest absolute Gasteiger partial charge is 0.341 e. The lowest BCUT2D eigenvalue weighted by atomic mass is 10.0. The Morgan fingerprint density at radius 3 is 2.82 bits per heavy atom. The Labute approximate surface area is 107 Å². The minimum absolute atomic E-state index is 0.161. The number of nitrogens with two attached hydrogens (primary N) is 1. The van der Waals surface area contributed by atoms with E-state index in [1.165, 1.54) is 0 Å². The Morgan fingerprint density at radius 1 is 1.65 bits per heavy atom. The zero-order valence-electron chi connectivity index (χ0n) is 10.8. The molecule has 1 heterocycles. The first-order chi connectivity index (χ1) is 8.06. The van der Waals surface area contributed by atoms with Gasteiger partial charge in [0.2, 0.25) is 5.91 Å². The van der Waals surface area contributed by atoms with Crippen molar-refractivity contribution in [2.75, 3.05) is 13.6 Å². The van der Waals surface area contributed by atoms with Gasteiger partial charge in [0, 0.05) is 24.5 Å². The van der Waals surface area contributed by atoms with Gasteiger partial charge in [-0.2, -0.15) is 0 Å². The third kappa shape index (κ3) is 4.44. The Balaban J connectivity index is 2.46. The molecule has 1 unspecified atom stereocenters. The van der Waals surface area contributed by atoms with Crippen molar-refractivity contribution in [2.45, 2.75) is 33.2 Å². The number of rotatable bonds is 6. The molecular formula is C12H21N3OS. The second kappa shape index (κ2) is 6.71. The monoisotopic (exact) mass is 255 g/mol. The van der Waals surface area contributed by atoms with Crippen molar-refractivity contribution >= 4 is 17.2 Å². The number of hydrogen-bond donors (Lipinski definition) is 1. The molecule has 1 aromatic rings. The van der Waals surface area contributed by atoms with Gasteiger partial charge in [0.25, 0.3) is 0 Å². The van der Waals surface area contributed by atoms with Gasteiger partial charge in [-0.25, -0.2) is 4.98 Å². The molecule has 1 amide bonds. The van der Waals surface area contributed by atoms with E-state index in [9.17, 15) is 4.79 Å². The maximum atomic E-state index is 11.9. The Kier molecular flexibility index (Phi) is 5.58. The molecule has 0 saturated carbocycles. The molecule has 1 rings (SSSR count). The van der Waals surface area contributed by atoms with Crippen molar-refractivity contribution in [3.63, 3.8) is 0 Å². The molecule has 0 bridgehead atoms. The Hall–Kier alpha value is -0.940. The number of carbonyl (C=O) groups is 1. The predicted molar refractivity (Wildman–Crippen MR) is 70.8 cm³/mol. The van der Waals surface area contributed by atoms with Gasteiger partial charge in [-0.05, 0) is 19.4 Å². The van der Waals surface area contributed by atoms with Gasteiger partial charge in [-0.3, -0.25) is 4.79 Å². The summed E-state index contributed by atoms with van der Waals surface area (Å²) < 4.78 is 0. The number of carbonyl (C=O) groups excluding carboxylic acids is 1. The third-order valence-corrected chi connectivity index (χ3v) is 3.76. The lowest BCUT2D eigenvalue weighted by Gasteiger charge is -2.19. The molecule has 17 heavy (non-hydrogen) atoms. The van der Waals surface area contributed by atoms with Crippen LogP contribution >= 0.6 is 11.3 Å². The lowest BCUT2D eigenvalue weighted by Crippen LogP contribution is -2.29. The summed E-state index contributed by atoms with van der Waals surface area (Å²) in [5.41, 5.74) is 5.61. The maximum absolute atomic E-state index is 11.9. The van der Waals surface area contributed by atoms with Crippen molar-refractivity contribution < 1.29 is 4.79 Å². The molecule has 0 saturated heterocycles. The number of aryl methyl sites for hydroxylation is 1. The summed E-state index contributed by atoms with van der Waals surface area (Å²) in [7, 11) is 1.83. The first-order valence-electron chi connectivity index (χ1n) is 5.92. The highest BCUT2D eigenvalue weighted by Crippen LogP contribution is 2.15. The van der Waals surface area contributed by atoms with Crippen molar-refractivity contribution in [1.82, 2.24) is 9.88 Å². The van der Waals surface area contributed by atoms with Crippen molar-refractivity contribution in [1.29, 1.82) is 0 Å². The maximum Gasteiger partial charge on any atom is 0.222 e. The van der Waals surface area contributed by atoms with Crippen LogP contribution in [-0.4, -0.2) is 29.4 Å². The van der Waals surface area contributed by atoms with Crippen LogP contribution in [0, 0.1) is 12.8 Å². The molecule has 1 atom stereocenters. The standard InChI is InChI=1S/C12H21N3OS/c1-4-10(6-13)5-12(16)15(3)8-11-7-14-9(2)17-11/h7,10H,4-6,8,13H2,1-3H3. The number of amides is 1. The molecule has 0 fully saturated rings. The SMILES string of the molecule is CCC(CN)CC(=O)N(C)Cc1cnc(C)s1. The van der Waals surface area contributed by atoms with Gasteiger partial charge in [0.15, 0.2) is 0 Å². The van der Waals surface area contributed by atoms with Gasteiger partial charge in [-0.1, -0.05) is 13.3 Å². The van der Waals surface area contributed by atoms with E-state index in [1.807, 2.05) is 20.2 Å². The van der Waals surface area contributed by atoms with Crippen LogP contribution in [0.1, 0.15) is 29.7 Å². The van der Waals surface area contributed by atoms with E-state index in [1.54, 1.807) is 16.2 Å². The number of aromatic nitrogens is 1. The fourth-order valence-corrected chi connectivity index (χ4v) is 2.45. The summed E-state index contributed by atoms with van der Waals surface area (Å²) in [5, 5.41) is 1.04. The highest BCUT2D eigenvalue weighted by molar-refractivity contribution is 7.11. The third-order valence-electron chi connectivity index (χ3n) is 2.86. The molecule has 0 aromatic carbocycles. The smallest absolute Gasteiger partial charge is 0.222 e. The summed E-state index contributed by atoms with van der Waals surface area (Å²) in [6, 6.07) is 0. The molecule has 4 nitrogen and oxygen atoms in total. The van der Waals surface area contributed by atoms with Gasteiger partial charge in [0.05, 0.1) is 11.6 Å². The summed E-state index contributed by atoms with van der Waals surface area (Å²) in [4.78, 5) is 19.0. The number of hydrogen-bond acceptors (Lipinski definition) is 4. The van der Waals surface area contributed by atoms with E-state index in [0.29, 0.717) is 25.4 Å². The molecule has 0 aliphatic heterocycles. The van der Waals surface area contributed by atoms with Crippen LogP contribution in [0.2, 0.25) is 0 Å². The summed E-state index contributed by atoms with van der Waals surface area (Å²) in [5.74, 6) is 0.460. The zero-order chi connectivity index (χ0) is 12.8. The molecule has 0 aliphatic rings. The second-order valence-electron chi connectivity index (χ2n) is 4.31. The highest BCUT2D eigenvalue weighted by Gasteiger charge is 2.15. The number of thiazole rings is 1. The molecule has 1 aromatic heterocycles. The van der Waals surface area contributed by atoms with Crippen molar-refractivity contribution in [3.8, 4) is 0 Å². The second-order valence-corrected chi connectivity index (χ2v) is 5.63. The van der Waals surface area contributed by atoms with Gasteiger partial charge in [0.1, 0.15) is 0 Å². The lowest BCUT2D eigenvalue weighted by molar-refractivity contribution is -0.131. The average molecular weight is 255 g/mol. The molecule has 5 heteroatoms. The summed E-state index contributed by atoms with van der Waals surface area (Å²) in [6.07, 6.45) is 3.33. The Morgan fingerprint density at radius 2 is 2.35 bits per heavy atom. The minimum atomic E-state index is 0.161. The molecule has 0 radical (unpaired) electrons. The molecule has 0 spiro atoms. The normalized spacial score (nSPS) is 12.5. The molecule has 2 N–H and O–H groups in total. The predicted octanol–water partition coefficient (Wildman–Crippen LogP) is 1.78. The summed E-state index contributed by atoms with van der Waals surface area (Å²) >= 11 is 1.63. The van der Waals surface area contributed by atoms with Crippen LogP contribution in [0.15, 0.2) is 6.20 Å². The van der Waals surface area contributed by atoms with Crippen molar-refractivity contribution in [2.24, 2.45) is 11.7 Å². The van der Waals surface area contributed by atoms with E-state index in [-0.39, 0.29) is 5.91 Å². The average Bonchev–Trinajstić information content (AvgIpc) is 2.71. The van der Waals surface area contributed by atoms with Crippen LogP contribution < -0.4 is 5.73 Å². The molecule has 96 valence electrons. The van der Waals surface area contributed by atoms with Crippen molar-refractivity contribution in [3.05, 3.63) is 16.1 Å². The van der Waals surface area contributed by atoms with Crippen LogP contribution in [0.3, 0.4) is 0 Å². The minimum Gasteiger partial charge on any atom is -0.341 e. The van der Waals surface area contributed by atoms with E-state index in [0.717, 1.165) is 16.3 Å². The zero-order valence-corrected chi connectivity index (χ0v) is 11.6. The number of nitrogens with zero attached hydrogens (tertiary/aromatic N) is 2. The van der Waals surface area contributed by atoms with Gasteiger partial charge >= 0.3 is 0 Å². The molecular weight excluding hydrogens is 234 g/mol. The van der Waals surface area contributed by atoms with Crippen LogP contribution in [-0.2, 0) is 11.3 Å². The van der Waals surface area contributed by atoms with Crippen LogP contribution in [0.25, 0.3) is 0 Å². The highest BCUT2D eigenvalue weighted by atomic mass is 32.1. The van der Waals surface area contributed by atoms with Gasteiger partial charge in [-0.15, -0.1) is 11.3 Å². The topological polar surface area (TPSA) is 59.2 Å².